The van der Waals surface area contributed by atoms with Crippen molar-refractivity contribution in [2.75, 3.05) is 7.05 Å². The first kappa shape index (κ1) is 11.6. The number of hydrogen-bond donors (Lipinski definition) is 1. The van der Waals surface area contributed by atoms with Crippen molar-refractivity contribution in [1.82, 2.24) is 20.1 Å². The lowest BCUT2D eigenvalue weighted by molar-refractivity contribution is 0.0957. The van der Waals surface area contributed by atoms with Crippen LogP contribution >= 0.6 is 11.6 Å². The van der Waals surface area contributed by atoms with Crippen LogP contribution in [0.25, 0.3) is 5.69 Å². The first-order chi connectivity index (χ1) is 8.11. The molecule has 0 atom stereocenters. The zero-order chi connectivity index (χ0) is 12.4. The van der Waals surface area contributed by atoms with E-state index in [-0.39, 0.29) is 5.91 Å². The highest BCUT2D eigenvalue weighted by molar-refractivity contribution is 6.29. The van der Waals surface area contributed by atoms with Gasteiger partial charge in [-0.1, -0.05) is 11.6 Å². The SMILES string of the molecule is CNC(=O)c1ccn(-c2cc(Cl)ncc2C)n1. The lowest BCUT2D eigenvalue weighted by Gasteiger charge is -2.05. The minimum atomic E-state index is -0.221. The fourth-order valence-corrected chi connectivity index (χ4v) is 1.59. The first-order valence-electron chi connectivity index (χ1n) is 5.02. The van der Waals surface area contributed by atoms with Crippen molar-refractivity contribution in [3.63, 3.8) is 0 Å². The number of hydrogen-bond acceptors (Lipinski definition) is 3. The normalized spacial score (nSPS) is 10.3. The molecule has 0 saturated carbocycles. The van der Waals surface area contributed by atoms with Crippen molar-refractivity contribution in [3.8, 4) is 5.69 Å². The molecule has 5 nitrogen and oxygen atoms in total. The molecule has 0 bridgehead atoms. The molecular formula is C11H11ClN4O. The molecule has 2 rings (SSSR count). The van der Waals surface area contributed by atoms with Crippen molar-refractivity contribution in [2.24, 2.45) is 0 Å². The second-order valence-electron chi connectivity index (χ2n) is 3.52. The van der Waals surface area contributed by atoms with Crippen LogP contribution in [-0.2, 0) is 0 Å². The third kappa shape index (κ3) is 2.29. The molecule has 0 aliphatic carbocycles. The standard InChI is InChI=1S/C11H11ClN4O/c1-7-6-14-10(12)5-9(7)16-4-3-8(15-16)11(17)13-2/h3-6H,1-2H3,(H,13,17). The number of pyridine rings is 1. The lowest BCUT2D eigenvalue weighted by atomic mass is 10.3. The quantitative estimate of drug-likeness (QED) is 0.824. The molecule has 0 unspecified atom stereocenters. The van der Waals surface area contributed by atoms with Crippen LogP contribution in [0.5, 0.6) is 0 Å². The topological polar surface area (TPSA) is 59.8 Å². The summed E-state index contributed by atoms with van der Waals surface area (Å²) in [6, 6.07) is 3.35. The Bertz CT molecular complexity index is 564. The van der Waals surface area contributed by atoms with Gasteiger partial charge in [0.25, 0.3) is 5.91 Å². The maximum atomic E-state index is 11.4. The number of rotatable bonds is 2. The molecule has 88 valence electrons. The van der Waals surface area contributed by atoms with Crippen LogP contribution in [0.15, 0.2) is 24.5 Å². The molecule has 0 fully saturated rings. The summed E-state index contributed by atoms with van der Waals surface area (Å²) in [7, 11) is 1.57. The van der Waals surface area contributed by atoms with E-state index in [1.54, 1.807) is 36.3 Å². The van der Waals surface area contributed by atoms with Gasteiger partial charge in [0.1, 0.15) is 5.15 Å². The highest BCUT2D eigenvalue weighted by Crippen LogP contribution is 2.16. The monoisotopic (exact) mass is 250 g/mol. The average molecular weight is 251 g/mol. The van der Waals surface area contributed by atoms with Crippen LogP contribution in [0.3, 0.4) is 0 Å². The molecule has 1 amide bonds. The zero-order valence-corrected chi connectivity index (χ0v) is 10.2. The minimum Gasteiger partial charge on any atom is -0.354 e. The van der Waals surface area contributed by atoms with Crippen molar-refractivity contribution in [3.05, 3.63) is 40.9 Å². The van der Waals surface area contributed by atoms with Gasteiger partial charge in [-0.3, -0.25) is 4.79 Å². The van der Waals surface area contributed by atoms with Gasteiger partial charge >= 0.3 is 0 Å². The molecule has 2 heterocycles. The summed E-state index contributed by atoms with van der Waals surface area (Å²) in [4.78, 5) is 15.4. The van der Waals surface area contributed by atoms with Crippen LogP contribution in [0, 0.1) is 6.92 Å². The highest BCUT2D eigenvalue weighted by Gasteiger charge is 2.09. The number of aryl methyl sites for hydroxylation is 1. The van der Waals surface area contributed by atoms with Crippen LogP contribution in [0.2, 0.25) is 5.15 Å². The number of nitrogens with zero attached hydrogens (tertiary/aromatic N) is 3. The molecule has 0 saturated heterocycles. The third-order valence-electron chi connectivity index (χ3n) is 2.34. The van der Waals surface area contributed by atoms with Crippen molar-refractivity contribution in [2.45, 2.75) is 6.92 Å². The summed E-state index contributed by atoms with van der Waals surface area (Å²) in [5, 5.41) is 7.08. The Morgan fingerprint density at radius 3 is 3.00 bits per heavy atom. The molecule has 0 radical (unpaired) electrons. The van der Waals surface area contributed by atoms with Gasteiger partial charge in [0.2, 0.25) is 0 Å². The number of carbonyl (C=O) groups is 1. The lowest BCUT2D eigenvalue weighted by Crippen LogP contribution is -2.18. The summed E-state index contributed by atoms with van der Waals surface area (Å²) in [5.74, 6) is -0.221. The molecule has 17 heavy (non-hydrogen) atoms. The molecular weight excluding hydrogens is 240 g/mol. The Balaban J connectivity index is 2.43. The first-order valence-corrected chi connectivity index (χ1v) is 5.40. The van der Waals surface area contributed by atoms with E-state index in [0.29, 0.717) is 10.8 Å². The Labute approximate surface area is 103 Å². The second-order valence-corrected chi connectivity index (χ2v) is 3.91. The Morgan fingerprint density at radius 2 is 2.29 bits per heavy atom. The number of nitrogens with one attached hydrogen (secondary N) is 1. The number of amides is 1. The predicted octanol–water partition coefficient (Wildman–Crippen LogP) is 1.59. The van der Waals surface area contributed by atoms with Crippen LogP contribution in [0.4, 0.5) is 0 Å². The molecule has 1 N–H and O–H groups in total. The molecule has 0 aliphatic rings. The summed E-state index contributed by atoms with van der Waals surface area (Å²) >= 11 is 5.83. The zero-order valence-electron chi connectivity index (χ0n) is 9.44. The van der Waals surface area contributed by atoms with Gasteiger partial charge in [-0.25, -0.2) is 9.67 Å². The Hall–Kier alpha value is -1.88. The molecule has 2 aromatic rings. The third-order valence-corrected chi connectivity index (χ3v) is 2.54. The Kier molecular flexibility index (Phi) is 3.10. The van der Waals surface area contributed by atoms with Gasteiger partial charge in [-0.05, 0) is 18.6 Å². The molecule has 6 heteroatoms. The summed E-state index contributed by atoms with van der Waals surface area (Å²) in [6.45, 7) is 1.90. The summed E-state index contributed by atoms with van der Waals surface area (Å²) in [5.41, 5.74) is 2.10. The fraction of sp³-hybridized carbons (Fsp3) is 0.182. The van der Waals surface area contributed by atoms with Gasteiger partial charge in [0, 0.05) is 25.5 Å². The summed E-state index contributed by atoms with van der Waals surface area (Å²) < 4.78 is 1.60. The van der Waals surface area contributed by atoms with Gasteiger partial charge in [0.05, 0.1) is 5.69 Å². The predicted molar refractivity (Wildman–Crippen MR) is 64.5 cm³/mol. The number of halogens is 1. The van der Waals surface area contributed by atoms with E-state index in [4.69, 9.17) is 11.6 Å². The minimum absolute atomic E-state index is 0.221. The van der Waals surface area contributed by atoms with Crippen molar-refractivity contribution >= 4 is 17.5 Å². The fourth-order valence-electron chi connectivity index (χ4n) is 1.44. The number of carbonyl (C=O) groups excluding carboxylic acids is 1. The second kappa shape index (κ2) is 4.55. The molecule has 0 aliphatic heterocycles. The maximum absolute atomic E-state index is 11.4. The van der Waals surface area contributed by atoms with Gasteiger partial charge < -0.3 is 5.32 Å². The average Bonchev–Trinajstić information content (AvgIpc) is 2.80. The van der Waals surface area contributed by atoms with Crippen LogP contribution < -0.4 is 5.32 Å². The van der Waals surface area contributed by atoms with E-state index in [9.17, 15) is 4.79 Å². The number of aromatic nitrogens is 3. The summed E-state index contributed by atoms with van der Waals surface area (Å²) in [6.07, 6.45) is 3.38. The van der Waals surface area contributed by atoms with Gasteiger partial charge in [-0.2, -0.15) is 5.10 Å². The smallest absolute Gasteiger partial charge is 0.271 e. The maximum Gasteiger partial charge on any atom is 0.271 e. The van der Waals surface area contributed by atoms with Crippen LogP contribution in [-0.4, -0.2) is 27.7 Å². The van der Waals surface area contributed by atoms with Crippen molar-refractivity contribution in [1.29, 1.82) is 0 Å². The largest absolute Gasteiger partial charge is 0.354 e. The molecule has 2 aromatic heterocycles. The Morgan fingerprint density at radius 1 is 1.53 bits per heavy atom. The molecule has 0 aromatic carbocycles. The molecule has 0 spiro atoms. The van der Waals surface area contributed by atoms with Gasteiger partial charge in [0.15, 0.2) is 5.69 Å². The van der Waals surface area contributed by atoms with Crippen molar-refractivity contribution < 1.29 is 4.79 Å². The van der Waals surface area contributed by atoms with E-state index < -0.39 is 0 Å². The van der Waals surface area contributed by atoms with E-state index in [1.165, 1.54) is 0 Å². The van der Waals surface area contributed by atoms with E-state index in [1.807, 2.05) is 6.92 Å². The highest BCUT2D eigenvalue weighted by atomic mass is 35.5. The van der Waals surface area contributed by atoms with E-state index in [2.05, 4.69) is 15.4 Å². The van der Waals surface area contributed by atoms with Crippen LogP contribution in [0.1, 0.15) is 16.1 Å². The van der Waals surface area contributed by atoms with E-state index >= 15 is 0 Å². The van der Waals surface area contributed by atoms with E-state index in [0.717, 1.165) is 11.3 Å². The van der Waals surface area contributed by atoms with Gasteiger partial charge in [-0.15, -0.1) is 0 Å².